The topological polar surface area (TPSA) is 109 Å². The van der Waals surface area contributed by atoms with Crippen molar-refractivity contribution in [1.29, 1.82) is 0 Å². The number of benzene rings is 4. The van der Waals surface area contributed by atoms with Crippen LogP contribution in [0.2, 0.25) is 0 Å². The van der Waals surface area contributed by atoms with Crippen molar-refractivity contribution in [2.45, 2.75) is 13.8 Å². The van der Waals surface area contributed by atoms with Crippen LogP contribution < -0.4 is 9.80 Å². The van der Waals surface area contributed by atoms with E-state index >= 15 is 0 Å². The lowest BCUT2D eigenvalue weighted by molar-refractivity contribution is 0.0873. The zero-order chi connectivity index (χ0) is 26.9. The van der Waals surface area contributed by atoms with Crippen LogP contribution in [0.5, 0.6) is 0 Å². The number of rotatable bonds is 4. The molecule has 2 heterocycles. The summed E-state index contributed by atoms with van der Waals surface area (Å²) in [5.74, 6) is -2.91. The van der Waals surface area contributed by atoms with E-state index in [1.54, 1.807) is 36.4 Å². The fourth-order valence-corrected chi connectivity index (χ4v) is 5.07. The molecule has 0 N–H and O–H groups in total. The van der Waals surface area contributed by atoms with E-state index in [0.29, 0.717) is 11.1 Å². The fourth-order valence-electron chi connectivity index (χ4n) is 5.07. The van der Waals surface area contributed by atoms with E-state index in [0.717, 1.165) is 9.80 Å². The van der Waals surface area contributed by atoms with E-state index in [2.05, 4.69) is 0 Å². The quantitative estimate of drug-likeness (QED) is 0.292. The van der Waals surface area contributed by atoms with Crippen molar-refractivity contribution in [2.75, 3.05) is 9.80 Å². The van der Waals surface area contributed by atoms with Crippen molar-refractivity contribution in [2.24, 2.45) is 0 Å². The molecule has 0 unspecified atom stereocenters. The van der Waals surface area contributed by atoms with E-state index in [-0.39, 0.29) is 56.0 Å². The molecule has 0 spiro atoms. The highest BCUT2D eigenvalue weighted by atomic mass is 16.2. The number of imide groups is 2. The number of nitrogens with zero attached hydrogens (tertiary/aromatic N) is 2. The van der Waals surface area contributed by atoms with Crippen molar-refractivity contribution < 1.29 is 28.8 Å². The Balaban J connectivity index is 1.52. The van der Waals surface area contributed by atoms with Crippen molar-refractivity contribution in [3.8, 4) is 0 Å². The summed E-state index contributed by atoms with van der Waals surface area (Å²) in [5, 5.41) is 0.487. The molecule has 38 heavy (non-hydrogen) atoms. The molecule has 2 aliphatic rings. The number of anilines is 2. The van der Waals surface area contributed by atoms with Crippen LogP contribution in [0.15, 0.2) is 72.8 Å². The maximum absolute atomic E-state index is 13.6. The Kier molecular flexibility index (Phi) is 4.96. The van der Waals surface area contributed by atoms with Gasteiger partial charge in [-0.15, -0.1) is 0 Å². The molecule has 0 aliphatic carbocycles. The summed E-state index contributed by atoms with van der Waals surface area (Å²) in [6, 6.07) is 18.4. The molecule has 0 bridgehead atoms. The standard InChI is InChI=1S/C30H18N2O6/c1-15(33)17-5-3-7-19(13-17)31-27(35)21-9-11-23-26-24(12-10-22(25(21)26)28(31)36)30(38)32(29(23)37)20-8-4-6-18(14-20)16(2)34/h3-14H,1-2H3. The smallest absolute Gasteiger partial charge is 0.265 e. The van der Waals surface area contributed by atoms with Crippen LogP contribution in [0.4, 0.5) is 11.4 Å². The first kappa shape index (κ1) is 23.2. The second kappa shape index (κ2) is 8.14. The maximum atomic E-state index is 13.6. The number of carbonyl (C=O) groups is 6. The molecule has 0 saturated carbocycles. The summed E-state index contributed by atoms with van der Waals surface area (Å²) < 4.78 is 0. The molecule has 0 aromatic heterocycles. The molecule has 0 saturated heterocycles. The molecule has 4 aromatic rings. The summed E-state index contributed by atoms with van der Waals surface area (Å²) >= 11 is 0. The lowest BCUT2D eigenvalue weighted by Gasteiger charge is -2.32. The van der Waals surface area contributed by atoms with Crippen LogP contribution in [-0.4, -0.2) is 35.2 Å². The molecule has 0 fully saturated rings. The molecule has 2 aliphatic heterocycles. The van der Waals surface area contributed by atoms with Crippen molar-refractivity contribution in [1.82, 2.24) is 0 Å². The minimum absolute atomic E-state index is 0.168. The van der Waals surface area contributed by atoms with E-state index in [9.17, 15) is 28.8 Å². The third-order valence-corrected chi connectivity index (χ3v) is 6.92. The summed E-state index contributed by atoms with van der Waals surface area (Å²) in [7, 11) is 0. The van der Waals surface area contributed by atoms with Gasteiger partial charge in [-0.1, -0.05) is 24.3 Å². The maximum Gasteiger partial charge on any atom is 0.265 e. The number of hydrogen-bond acceptors (Lipinski definition) is 6. The number of hydrogen-bond donors (Lipinski definition) is 0. The molecule has 4 aromatic carbocycles. The predicted molar refractivity (Wildman–Crippen MR) is 139 cm³/mol. The van der Waals surface area contributed by atoms with Gasteiger partial charge < -0.3 is 0 Å². The van der Waals surface area contributed by atoms with E-state index in [4.69, 9.17) is 0 Å². The van der Waals surface area contributed by atoms with Crippen LogP contribution in [0, 0.1) is 0 Å². The Labute approximate surface area is 216 Å². The van der Waals surface area contributed by atoms with Crippen molar-refractivity contribution in [3.63, 3.8) is 0 Å². The average Bonchev–Trinajstić information content (AvgIpc) is 2.91. The Hall–Kier alpha value is -5.24. The number of amides is 4. The molecule has 0 radical (unpaired) electrons. The molecule has 6 rings (SSSR count). The first-order chi connectivity index (χ1) is 18.2. The third kappa shape index (κ3) is 3.17. The molecule has 184 valence electrons. The van der Waals surface area contributed by atoms with E-state index < -0.39 is 23.6 Å². The molecule has 8 heteroatoms. The summed E-state index contributed by atoms with van der Waals surface area (Å²) in [4.78, 5) is 80.1. The van der Waals surface area contributed by atoms with Gasteiger partial charge in [0.25, 0.3) is 23.6 Å². The molecule has 0 atom stereocenters. The van der Waals surface area contributed by atoms with Gasteiger partial charge in [0.15, 0.2) is 11.6 Å². The van der Waals surface area contributed by atoms with Crippen molar-refractivity contribution in [3.05, 3.63) is 106 Å². The Morgan fingerprint density at radius 3 is 1.11 bits per heavy atom. The van der Waals surface area contributed by atoms with Gasteiger partial charge in [-0.2, -0.15) is 0 Å². The number of ketones is 2. The zero-order valence-electron chi connectivity index (χ0n) is 20.3. The van der Waals surface area contributed by atoms with Gasteiger partial charge in [0.05, 0.1) is 11.4 Å². The molecular formula is C30H18N2O6. The lowest BCUT2D eigenvalue weighted by atomic mass is 9.85. The van der Waals surface area contributed by atoms with Gasteiger partial charge >= 0.3 is 0 Å². The predicted octanol–water partition coefficient (Wildman–Crippen LogP) is 4.85. The Morgan fingerprint density at radius 2 is 0.816 bits per heavy atom. The first-order valence-electron chi connectivity index (χ1n) is 11.8. The molecule has 8 nitrogen and oxygen atoms in total. The fraction of sp³-hybridized carbons (Fsp3) is 0.0667. The van der Waals surface area contributed by atoms with Gasteiger partial charge in [-0.05, 0) is 62.4 Å². The number of Topliss-reactive ketones (excluding diaryl/α,β-unsaturated/α-hetero) is 2. The van der Waals surface area contributed by atoms with Gasteiger partial charge in [0, 0.05) is 44.2 Å². The molecule has 4 amide bonds. The highest BCUT2D eigenvalue weighted by Gasteiger charge is 2.40. The monoisotopic (exact) mass is 502 g/mol. The van der Waals surface area contributed by atoms with Gasteiger partial charge in [0.2, 0.25) is 0 Å². The second-order valence-corrected chi connectivity index (χ2v) is 9.18. The van der Waals surface area contributed by atoms with Crippen molar-refractivity contribution >= 4 is 57.3 Å². The lowest BCUT2D eigenvalue weighted by Crippen LogP contribution is -2.43. The first-order valence-corrected chi connectivity index (χ1v) is 11.8. The molecular weight excluding hydrogens is 484 g/mol. The van der Waals surface area contributed by atoms with Gasteiger partial charge in [0.1, 0.15) is 0 Å². The minimum atomic E-state index is -0.622. The second-order valence-electron chi connectivity index (χ2n) is 9.18. The Morgan fingerprint density at radius 1 is 0.500 bits per heavy atom. The average molecular weight is 502 g/mol. The Bertz CT molecular complexity index is 1620. The van der Waals surface area contributed by atoms with Crippen LogP contribution >= 0.6 is 0 Å². The summed E-state index contributed by atoms with van der Waals surface area (Å²) in [6.45, 7) is 2.79. The summed E-state index contributed by atoms with van der Waals surface area (Å²) in [6.07, 6.45) is 0. The normalized spacial score (nSPS) is 14.4. The SMILES string of the molecule is CC(=O)c1cccc(N2C(=O)c3ccc4c5c(ccc(c35)C2=O)C(=O)N(c2cccc(C(C)=O)c2)C4=O)c1. The van der Waals surface area contributed by atoms with Crippen LogP contribution in [0.25, 0.3) is 10.8 Å². The van der Waals surface area contributed by atoms with Crippen LogP contribution in [-0.2, 0) is 0 Å². The van der Waals surface area contributed by atoms with Crippen LogP contribution in [0.1, 0.15) is 76.0 Å². The van der Waals surface area contributed by atoms with Gasteiger partial charge in [-0.3, -0.25) is 28.8 Å². The highest BCUT2D eigenvalue weighted by Crippen LogP contribution is 2.40. The summed E-state index contributed by atoms with van der Waals surface area (Å²) in [5.41, 5.74) is 1.86. The van der Waals surface area contributed by atoms with Gasteiger partial charge in [-0.25, -0.2) is 9.80 Å². The zero-order valence-corrected chi connectivity index (χ0v) is 20.3. The highest BCUT2D eigenvalue weighted by molar-refractivity contribution is 6.42. The van der Waals surface area contributed by atoms with E-state index in [1.807, 2.05) is 0 Å². The largest absolute Gasteiger partial charge is 0.295 e. The van der Waals surface area contributed by atoms with Crippen LogP contribution in [0.3, 0.4) is 0 Å². The third-order valence-electron chi connectivity index (χ3n) is 6.92. The minimum Gasteiger partial charge on any atom is -0.295 e. The van der Waals surface area contributed by atoms with E-state index in [1.165, 1.54) is 50.2 Å². The number of carbonyl (C=O) groups excluding carboxylic acids is 6.